The van der Waals surface area contributed by atoms with Gasteiger partial charge in [0.2, 0.25) is 0 Å². The summed E-state index contributed by atoms with van der Waals surface area (Å²) in [5.41, 5.74) is 1.42. The molecule has 0 aromatic heterocycles. The van der Waals surface area contributed by atoms with Crippen LogP contribution < -0.4 is 5.32 Å². The largest absolute Gasteiger partial charge is 0.319 e. The second kappa shape index (κ2) is 4.63. The van der Waals surface area contributed by atoms with E-state index in [2.05, 4.69) is 23.8 Å². The summed E-state index contributed by atoms with van der Waals surface area (Å²) in [4.78, 5) is 2.38. The summed E-state index contributed by atoms with van der Waals surface area (Å²) in [6, 6.07) is 0. The number of hydrogen-bond acceptors (Lipinski definition) is 2. The molecule has 1 N–H and O–H groups in total. The van der Waals surface area contributed by atoms with Gasteiger partial charge in [0.05, 0.1) is 0 Å². The van der Waals surface area contributed by atoms with Crippen molar-refractivity contribution in [3.8, 4) is 0 Å². The van der Waals surface area contributed by atoms with Crippen LogP contribution in [-0.2, 0) is 0 Å². The topological polar surface area (TPSA) is 15.3 Å². The van der Waals surface area contributed by atoms with Crippen molar-refractivity contribution in [3.05, 3.63) is 12.2 Å². The van der Waals surface area contributed by atoms with Gasteiger partial charge >= 0.3 is 0 Å². The molecule has 0 aromatic rings. The van der Waals surface area contributed by atoms with Crippen LogP contribution >= 0.6 is 0 Å². The molecule has 0 aromatic carbocycles. The summed E-state index contributed by atoms with van der Waals surface area (Å²) in [7, 11) is 4.18. The number of nitrogens with one attached hydrogen (secondary N) is 1. The Morgan fingerprint density at radius 2 is 2.42 bits per heavy atom. The van der Waals surface area contributed by atoms with Crippen molar-refractivity contribution in [1.82, 2.24) is 10.2 Å². The van der Waals surface area contributed by atoms with Gasteiger partial charge in [0, 0.05) is 6.54 Å². The molecule has 0 bridgehead atoms. The third-order valence-electron chi connectivity index (χ3n) is 2.66. The highest BCUT2D eigenvalue weighted by molar-refractivity contribution is 5.04. The molecule has 2 heteroatoms. The van der Waals surface area contributed by atoms with Crippen LogP contribution in [0, 0.1) is 5.92 Å². The molecule has 70 valence electrons. The molecule has 1 rings (SSSR count). The van der Waals surface area contributed by atoms with Crippen LogP contribution in [0.5, 0.6) is 0 Å². The molecule has 1 aliphatic heterocycles. The van der Waals surface area contributed by atoms with Crippen molar-refractivity contribution in [3.63, 3.8) is 0 Å². The molecule has 0 amide bonds. The minimum absolute atomic E-state index is 0.753. The average Bonchev–Trinajstić information content (AvgIpc) is 2.47. The normalized spacial score (nSPS) is 24.7. The fourth-order valence-electron chi connectivity index (χ4n) is 1.76. The molecule has 1 aliphatic rings. The van der Waals surface area contributed by atoms with Crippen molar-refractivity contribution in [1.29, 1.82) is 0 Å². The van der Waals surface area contributed by atoms with Gasteiger partial charge in [-0.15, -0.1) is 0 Å². The van der Waals surface area contributed by atoms with Crippen molar-refractivity contribution < 1.29 is 0 Å². The fraction of sp³-hybridized carbons (Fsp3) is 0.800. The Labute approximate surface area is 75.6 Å². The summed E-state index contributed by atoms with van der Waals surface area (Å²) in [5, 5.41) is 3.16. The third kappa shape index (κ3) is 2.61. The maximum absolute atomic E-state index is 4.14. The summed E-state index contributed by atoms with van der Waals surface area (Å²) in [6.45, 7) is 7.66. The number of likely N-dealkylation sites (tertiary alicyclic amines) is 1. The minimum Gasteiger partial charge on any atom is -0.319 e. The van der Waals surface area contributed by atoms with Gasteiger partial charge in [-0.25, -0.2) is 0 Å². The lowest BCUT2D eigenvalue weighted by Crippen LogP contribution is -2.16. The van der Waals surface area contributed by atoms with Crippen LogP contribution in [0.1, 0.15) is 12.8 Å². The molecule has 12 heavy (non-hydrogen) atoms. The van der Waals surface area contributed by atoms with Gasteiger partial charge in [-0.05, 0) is 45.9 Å². The van der Waals surface area contributed by atoms with E-state index in [1.54, 1.807) is 0 Å². The van der Waals surface area contributed by atoms with Crippen molar-refractivity contribution in [2.24, 2.45) is 5.92 Å². The number of hydrogen-bond donors (Lipinski definition) is 1. The van der Waals surface area contributed by atoms with Crippen LogP contribution in [0.3, 0.4) is 0 Å². The zero-order chi connectivity index (χ0) is 8.97. The van der Waals surface area contributed by atoms with Gasteiger partial charge in [0.15, 0.2) is 0 Å². The molecule has 2 nitrogen and oxygen atoms in total. The zero-order valence-electron chi connectivity index (χ0n) is 8.27. The van der Waals surface area contributed by atoms with Crippen molar-refractivity contribution in [2.45, 2.75) is 12.8 Å². The molecular formula is C10H20N2. The molecular weight excluding hydrogens is 148 g/mol. The van der Waals surface area contributed by atoms with Crippen molar-refractivity contribution >= 4 is 0 Å². The Morgan fingerprint density at radius 1 is 1.67 bits per heavy atom. The number of rotatable bonds is 4. The maximum Gasteiger partial charge on any atom is 0.00443 e. The summed E-state index contributed by atoms with van der Waals surface area (Å²) < 4.78 is 0. The second-order valence-corrected chi connectivity index (χ2v) is 3.76. The first kappa shape index (κ1) is 9.75. The van der Waals surface area contributed by atoms with Gasteiger partial charge in [-0.1, -0.05) is 12.2 Å². The lowest BCUT2D eigenvalue weighted by Gasteiger charge is -2.13. The molecule has 1 saturated heterocycles. The Balaban J connectivity index is 2.23. The summed E-state index contributed by atoms with van der Waals surface area (Å²) in [5.74, 6) is 0.753. The molecule has 0 saturated carbocycles. The van der Waals surface area contributed by atoms with Crippen LogP contribution in [0.15, 0.2) is 12.2 Å². The van der Waals surface area contributed by atoms with Crippen molar-refractivity contribution in [2.75, 3.05) is 33.7 Å². The average molecular weight is 168 g/mol. The predicted molar refractivity (Wildman–Crippen MR) is 53.3 cm³/mol. The van der Waals surface area contributed by atoms with E-state index in [0.29, 0.717) is 0 Å². The Bertz CT molecular complexity index is 154. The molecule has 1 heterocycles. The Kier molecular flexibility index (Phi) is 3.76. The van der Waals surface area contributed by atoms with E-state index < -0.39 is 0 Å². The first-order valence-electron chi connectivity index (χ1n) is 4.75. The summed E-state index contributed by atoms with van der Waals surface area (Å²) in [6.07, 6.45) is 2.44. The van der Waals surface area contributed by atoms with Gasteiger partial charge in [-0.3, -0.25) is 0 Å². The lowest BCUT2D eigenvalue weighted by molar-refractivity contribution is 0.404. The molecule has 1 fully saturated rings. The van der Waals surface area contributed by atoms with Gasteiger partial charge in [-0.2, -0.15) is 0 Å². The molecule has 0 aliphatic carbocycles. The van der Waals surface area contributed by atoms with Gasteiger partial charge < -0.3 is 10.2 Å². The van der Waals surface area contributed by atoms with E-state index in [1.165, 1.54) is 25.1 Å². The number of nitrogens with zero attached hydrogens (tertiary/aromatic N) is 1. The van der Waals surface area contributed by atoms with E-state index in [1.807, 2.05) is 7.05 Å². The highest BCUT2D eigenvalue weighted by Crippen LogP contribution is 2.23. The van der Waals surface area contributed by atoms with E-state index in [-0.39, 0.29) is 0 Å². The first-order chi connectivity index (χ1) is 5.74. The van der Waals surface area contributed by atoms with Crippen LogP contribution in [0.4, 0.5) is 0 Å². The maximum atomic E-state index is 4.14. The lowest BCUT2D eigenvalue weighted by atomic mass is 9.97. The molecule has 0 radical (unpaired) electrons. The van der Waals surface area contributed by atoms with Gasteiger partial charge in [0.25, 0.3) is 0 Å². The molecule has 0 spiro atoms. The molecule has 1 atom stereocenters. The zero-order valence-corrected chi connectivity index (χ0v) is 8.27. The Hall–Kier alpha value is -0.340. The standard InChI is InChI=1S/C10H20N2/c1-9(4-6-11-2)10-5-7-12(3)8-10/h10-11H,1,4-8H2,2-3H3. The van der Waals surface area contributed by atoms with Gasteiger partial charge in [0.1, 0.15) is 0 Å². The van der Waals surface area contributed by atoms with E-state index >= 15 is 0 Å². The molecule has 1 unspecified atom stereocenters. The predicted octanol–water partition coefficient (Wildman–Crippen LogP) is 1.10. The fourth-order valence-corrected chi connectivity index (χ4v) is 1.76. The summed E-state index contributed by atoms with van der Waals surface area (Å²) >= 11 is 0. The highest BCUT2D eigenvalue weighted by Gasteiger charge is 2.20. The van der Waals surface area contributed by atoms with Crippen LogP contribution in [0.2, 0.25) is 0 Å². The SMILES string of the molecule is C=C(CCNC)C1CCN(C)C1. The monoisotopic (exact) mass is 168 g/mol. The smallest absolute Gasteiger partial charge is 0.00443 e. The van der Waals surface area contributed by atoms with Crippen LogP contribution in [0.25, 0.3) is 0 Å². The Morgan fingerprint density at radius 3 is 2.92 bits per heavy atom. The van der Waals surface area contributed by atoms with E-state index in [4.69, 9.17) is 0 Å². The van der Waals surface area contributed by atoms with E-state index in [9.17, 15) is 0 Å². The second-order valence-electron chi connectivity index (χ2n) is 3.76. The quantitative estimate of drug-likeness (QED) is 0.632. The third-order valence-corrected chi connectivity index (χ3v) is 2.66. The minimum atomic E-state index is 0.753. The van der Waals surface area contributed by atoms with E-state index in [0.717, 1.165) is 18.9 Å². The highest BCUT2D eigenvalue weighted by atomic mass is 15.1. The van der Waals surface area contributed by atoms with Crippen LogP contribution in [-0.4, -0.2) is 38.6 Å². The first-order valence-corrected chi connectivity index (χ1v) is 4.75.